The van der Waals surface area contributed by atoms with Gasteiger partial charge in [0.05, 0.1) is 12.6 Å². The summed E-state index contributed by atoms with van der Waals surface area (Å²) in [4.78, 5) is 4.03. The van der Waals surface area contributed by atoms with Crippen LogP contribution in [0.3, 0.4) is 0 Å². The van der Waals surface area contributed by atoms with Gasteiger partial charge in [-0.3, -0.25) is 4.98 Å². The van der Waals surface area contributed by atoms with Crippen LogP contribution in [0.4, 0.5) is 0 Å². The third-order valence-corrected chi connectivity index (χ3v) is 2.24. The molecule has 74 valence electrons. The highest BCUT2D eigenvalue weighted by Crippen LogP contribution is 2.08. The second kappa shape index (κ2) is 4.34. The van der Waals surface area contributed by atoms with E-state index < -0.39 is 0 Å². The molecule has 0 fully saturated rings. The number of hydrogen-bond acceptors (Lipinski definition) is 2. The van der Waals surface area contributed by atoms with Gasteiger partial charge >= 0.3 is 4.77 Å². The van der Waals surface area contributed by atoms with Crippen molar-refractivity contribution < 1.29 is 17.0 Å². The molecule has 0 spiro atoms. The molecule has 0 bridgehead atoms. The van der Waals surface area contributed by atoms with Crippen LogP contribution in [-0.4, -0.2) is 15.2 Å². The van der Waals surface area contributed by atoms with Gasteiger partial charge in [0.2, 0.25) is 0 Å². The largest absolute Gasteiger partial charge is 1.00 e. The molecule has 0 unspecified atom stereocenters. The molecular formula is C8H9ClN4S. The van der Waals surface area contributed by atoms with Crippen molar-refractivity contribution in [2.24, 2.45) is 7.05 Å². The Morgan fingerprint density at radius 3 is 2.71 bits per heavy atom. The van der Waals surface area contributed by atoms with Gasteiger partial charge in [-0.1, -0.05) is 0 Å². The summed E-state index contributed by atoms with van der Waals surface area (Å²) in [5.74, 6) is 0.929. The monoisotopic (exact) mass is 228 g/mol. The molecule has 0 radical (unpaired) electrons. The number of H-pyrrole nitrogens is 2. The summed E-state index contributed by atoms with van der Waals surface area (Å²) in [7, 11) is 1.90. The van der Waals surface area contributed by atoms with E-state index in [2.05, 4.69) is 15.2 Å². The molecule has 0 amide bonds. The van der Waals surface area contributed by atoms with Crippen LogP contribution in [0.25, 0.3) is 11.4 Å². The van der Waals surface area contributed by atoms with Crippen LogP contribution in [0.15, 0.2) is 24.5 Å². The normalized spacial score (nSPS) is 9.50. The number of pyridine rings is 1. The molecule has 2 aromatic heterocycles. The lowest BCUT2D eigenvalue weighted by molar-refractivity contribution is -0.667. The maximum Gasteiger partial charge on any atom is 0.323 e. The van der Waals surface area contributed by atoms with Crippen molar-refractivity contribution in [2.75, 3.05) is 0 Å². The van der Waals surface area contributed by atoms with Crippen LogP contribution in [0.1, 0.15) is 0 Å². The molecule has 6 heteroatoms. The minimum Gasteiger partial charge on any atom is -1.00 e. The zero-order valence-corrected chi connectivity index (χ0v) is 9.06. The number of rotatable bonds is 1. The number of aromatic nitrogens is 4. The van der Waals surface area contributed by atoms with E-state index in [0.717, 1.165) is 11.4 Å². The molecule has 4 nitrogen and oxygen atoms in total. The van der Waals surface area contributed by atoms with Crippen molar-refractivity contribution in [3.63, 3.8) is 0 Å². The standard InChI is InChI=1S/C8H8N4S.ClH/c1-12-7(10-11-8(12)13)6-3-2-4-9-5-6;/h2-5H,1H3,(H,11,13);1H. The predicted octanol–water partition coefficient (Wildman–Crippen LogP) is -2.04. The van der Waals surface area contributed by atoms with Crippen LogP contribution in [-0.2, 0) is 7.05 Å². The SMILES string of the molecule is C[n+]1c(-c2cccnc2)[nH][nH]c1=S.[Cl-]. The van der Waals surface area contributed by atoms with Crippen molar-refractivity contribution in [1.82, 2.24) is 15.2 Å². The number of aromatic amines is 2. The fourth-order valence-electron chi connectivity index (χ4n) is 1.15. The summed E-state index contributed by atoms with van der Waals surface area (Å²) < 4.78 is 2.53. The highest BCUT2D eigenvalue weighted by molar-refractivity contribution is 7.71. The Balaban J connectivity index is 0.000000980. The molecule has 2 rings (SSSR count). The van der Waals surface area contributed by atoms with Gasteiger partial charge < -0.3 is 12.4 Å². The first-order chi connectivity index (χ1) is 6.29. The summed E-state index contributed by atoms with van der Waals surface area (Å²) in [5.41, 5.74) is 1.01. The first-order valence-electron chi connectivity index (χ1n) is 3.86. The lowest BCUT2D eigenvalue weighted by atomic mass is 10.3. The van der Waals surface area contributed by atoms with Gasteiger partial charge in [0.1, 0.15) is 0 Å². The number of halogens is 1. The Morgan fingerprint density at radius 1 is 1.43 bits per heavy atom. The van der Waals surface area contributed by atoms with Gasteiger partial charge in [0.15, 0.2) is 0 Å². The van der Waals surface area contributed by atoms with Crippen LogP contribution in [0.5, 0.6) is 0 Å². The fraction of sp³-hybridized carbons (Fsp3) is 0.125. The van der Waals surface area contributed by atoms with Crippen molar-refractivity contribution in [2.45, 2.75) is 0 Å². The second-order valence-corrected chi connectivity index (χ2v) is 3.09. The lowest BCUT2D eigenvalue weighted by Crippen LogP contribution is -3.00. The quantitative estimate of drug-likeness (QED) is 0.437. The van der Waals surface area contributed by atoms with Gasteiger partial charge in [0.25, 0.3) is 5.82 Å². The fourth-order valence-corrected chi connectivity index (χ4v) is 1.29. The van der Waals surface area contributed by atoms with E-state index in [1.54, 1.807) is 12.4 Å². The maximum absolute atomic E-state index is 5.03. The maximum atomic E-state index is 5.03. The molecule has 2 aromatic rings. The lowest BCUT2D eigenvalue weighted by Gasteiger charge is -1.92. The van der Waals surface area contributed by atoms with Gasteiger partial charge in [0, 0.05) is 12.4 Å². The van der Waals surface area contributed by atoms with E-state index in [9.17, 15) is 0 Å². The molecular weight excluding hydrogens is 220 g/mol. The average Bonchev–Trinajstić information content (AvgIpc) is 2.49. The third-order valence-electron chi connectivity index (χ3n) is 1.86. The number of nitrogens with zero attached hydrogens (tertiary/aromatic N) is 2. The third kappa shape index (κ3) is 1.83. The molecule has 0 aliphatic heterocycles. The Morgan fingerprint density at radius 2 is 2.21 bits per heavy atom. The summed E-state index contributed by atoms with van der Waals surface area (Å²) in [6.07, 6.45) is 3.53. The highest BCUT2D eigenvalue weighted by atomic mass is 35.5. The molecule has 0 aliphatic rings. The van der Waals surface area contributed by atoms with E-state index in [4.69, 9.17) is 12.2 Å². The van der Waals surface area contributed by atoms with Crippen LogP contribution < -0.4 is 17.0 Å². The molecule has 2 heterocycles. The second-order valence-electron chi connectivity index (χ2n) is 2.70. The molecule has 0 aromatic carbocycles. The Bertz CT molecular complexity index is 462. The Hall–Kier alpha value is -1.20. The highest BCUT2D eigenvalue weighted by Gasteiger charge is 2.09. The van der Waals surface area contributed by atoms with Crippen LogP contribution >= 0.6 is 12.2 Å². The first kappa shape index (κ1) is 10.9. The van der Waals surface area contributed by atoms with Crippen molar-refractivity contribution in [1.29, 1.82) is 0 Å². The summed E-state index contributed by atoms with van der Waals surface area (Å²) >= 11 is 5.03. The van der Waals surface area contributed by atoms with Crippen molar-refractivity contribution in [3.05, 3.63) is 29.3 Å². The summed E-state index contributed by atoms with van der Waals surface area (Å²) in [5, 5.41) is 5.84. The van der Waals surface area contributed by atoms with Crippen LogP contribution in [0.2, 0.25) is 0 Å². The molecule has 2 N–H and O–H groups in total. The molecule has 0 saturated carbocycles. The van der Waals surface area contributed by atoms with Crippen molar-refractivity contribution >= 4 is 12.2 Å². The topological polar surface area (TPSA) is 48.4 Å². The molecule has 0 saturated heterocycles. The summed E-state index contributed by atoms with van der Waals surface area (Å²) in [6.45, 7) is 0. The van der Waals surface area contributed by atoms with Gasteiger partial charge in [-0.05, 0) is 24.4 Å². The molecule has 14 heavy (non-hydrogen) atoms. The van der Waals surface area contributed by atoms with Gasteiger partial charge in [-0.15, -0.1) is 0 Å². The molecule has 0 aliphatic carbocycles. The van der Waals surface area contributed by atoms with Crippen molar-refractivity contribution in [3.8, 4) is 11.4 Å². The van der Waals surface area contributed by atoms with E-state index in [1.807, 2.05) is 23.7 Å². The zero-order valence-electron chi connectivity index (χ0n) is 7.49. The van der Waals surface area contributed by atoms with E-state index in [1.165, 1.54) is 0 Å². The van der Waals surface area contributed by atoms with Gasteiger partial charge in [-0.25, -0.2) is 4.57 Å². The number of hydrogen-bond donors (Lipinski definition) is 2. The smallest absolute Gasteiger partial charge is 0.323 e. The minimum absolute atomic E-state index is 0. The van der Waals surface area contributed by atoms with E-state index >= 15 is 0 Å². The summed E-state index contributed by atoms with van der Waals surface area (Å²) in [6, 6.07) is 3.86. The Kier molecular flexibility index (Phi) is 3.38. The van der Waals surface area contributed by atoms with Gasteiger partial charge in [-0.2, -0.15) is 10.2 Å². The number of nitrogens with one attached hydrogen (secondary N) is 2. The van der Waals surface area contributed by atoms with E-state index in [-0.39, 0.29) is 12.4 Å². The first-order valence-corrected chi connectivity index (χ1v) is 4.27. The molecule has 0 atom stereocenters. The zero-order chi connectivity index (χ0) is 9.26. The van der Waals surface area contributed by atoms with E-state index in [0.29, 0.717) is 4.77 Å². The Labute approximate surface area is 92.4 Å². The predicted molar refractivity (Wildman–Crippen MR) is 50.4 cm³/mol. The van der Waals surface area contributed by atoms with Crippen LogP contribution in [0, 0.1) is 4.77 Å². The minimum atomic E-state index is 0. The average molecular weight is 229 g/mol.